The second kappa shape index (κ2) is 9.00. The number of hydrogen-bond donors (Lipinski definition) is 2. The Labute approximate surface area is 175 Å². The first-order chi connectivity index (χ1) is 14.3. The van der Waals surface area contributed by atoms with Crippen LogP contribution in [0.3, 0.4) is 0 Å². The summed E-state index contributed by atoms with van der Waals surface area (Å²) in [6.07, 6.45) is 0. The average Bonchev–Trinajstić information content (AvgIpc) is 2.69. The van der Waals surface area contributed by atoms with Crippen LogP contribution in [0.5, 0.6) is 11.5 Å². The zero-order chi connectivity index (χ0) is 21.7. The van der Waals surface area contributed by atoms with Crippen LogP contribution in [-0.4, -0.2) is 31.6 Å². The zero-order valence-corrected chi connectivity index (χ0v) is 17.7. The van der Waals surface area contributed by atoms with Gasteiger partial charge in [-0.3, -0.25) is 9.52 Å². The molecular weight excluding hydrogens is 406 g/mol. The maximum Gasteiger partial charge on any atom is 0.262 e. The first kappa shape index (κ1) is 21.4. The van der Waals surface area contributed by atoms with E-state index in [0.717, 1.165) is 0 Å². The van der Waals surface area contributed by atoms with Gasteiger partial charge in [0, 0.05) is 29.1 Å². The van der Waals surface area contributed by atoms with E-state index in [-0.39, 0.29) is 10.5 Å². The summed E-state index contributed by atoms with van der Waals surface area (Å²) < 4.78 is 39.4. The molecule has 0 aliphatic carbocycles. The van der Waals surface area contributed by atoms with Crippen molar-refractivity contribution in [3.8, 4) is 22.9 Å². The van der Waals surface area contributed by atoms with Crippen molar-refractivity contribution in [2.75, 3.05) is 17.9 Å². The average molecular weight is 429 g/mol. The van der Waals surface area contributed by atoms with Gasteiger partial charge >= 0.3 is 0 Å². The maximum absolute atomic E-state index is 12.9. The summed E-state index contributed by atoms with van der Waals surface area (Å²) in [6.45, 7) is 6.18. The molecule has 1 aromatic heterocycles. The number of hydrogen-bond acceptors (Lipinski definition) is 6. The third-order valence-corrected chi connectivity index (χ3v) is 5.46. The van der Waals surface area contributed by atoms with Crippen molar-refractivity contribution in [3.63, 3.8) is 0 Å². The van der Waals surface area contributed by atoms with Crippen molar-refractivity contribution in [2.45, 2.75) is 25.7 Å². The lowest BCUT2D eigenvalue weighted by atomic mass is 10.2. The highest BCUT2D eigenvalue weighted by atomic mass is 32.2. The van der Waals surface area contributed by atoms with Gasteiger partial charge in [-0.2, -0.15) is 0 Å². The summed E-state index contributed by atoms with van der Waals surface area (Å²) in [6, 6.07) is 12.5. The Morgan fingerprint density at radius 1 is 1.00 bits per heavy atom. The van der Waals surface area contributed by atoms with Gasteiger partial charge < -0.3 is 14.5 Å². The van der Waals surface area contributed by atoms with E-state index in [1.807, 2.05) is 13.8 Å². The van der Waals surface area contributed by atoms with Gasteiger partial charge in [-0.1, -0.05) is 12.1 Å². The molecule has 1 heterocycles. The Bertz CT molecular complexity index is 1210. The van der Waals surface area contributed by atoms with Gasteiger partial charge in [-0.05, 0) is 45.0 Å². The van der Waals surface area contributed by atoms with Crippen LogP contribution in [0, 0.1) is 6.92 Å². The Morgan fingerprint density at radius 2 is 1.73 bits per heavy atom. The summed E-state index contributed by atoms with van der Waals surface area (Å²) >= 11 is 0. The number of ether oxygens (including phenoxy) is 2. The highest BCUT2D eigenvalue weighted by Gasteiger charge is 2.18. The van der Waals surface area contributed by atoms with Crippen molar-refractivity contribution in [1.29, 1.82) is 0 Å². The molecule has 0 saturated heterocycles. The summed E-state index contributed by atoms with van der Waals surface area (Å²) in [4.78, 5) is 18.7. The Hall–Kier alpha value is -3.33. The van der Waals surface area contributed by atoms with E-state index >= 15 is 0 Å². The predicted octanol–water partition coefficient (Wildman–Crippen LogP) is 3.34. The molecular formula is C21H23N3O5S. The van der Waals surface area contributed by atoms with E-state index in [4.69, 9.17) is 9.47 Å². The van der Waals surface area contributed by atoms with E-state index in [0.29, 0.717) is 47.5 Å². The highest BCUT2D eigenvalue weighted by molar-refractivity contribution is 7.92. The minimum absolute atomic E-state index is 0.0434. The number of nitrogens with one attached hydrogen (secondary N) is 2. The lowest BCUT2D eigenvalue weighted by molar-refractivity contribution is 0.287. The normalized spacial score (nSPS) is 11.2. The Balaban J connectivity index is 1.92. The van der Waals surface area contributed by atoms with Gasteiger partial charge in [0.15, 0.2) is 11.5 Å². The number of anilines is 1. The maximum atomic E-state index is 12.9. The number of aromatic amines is 1. The molecule has 0 fully saturated rings. The van der Waals surface area contributed by atoms with Crippen LogP contribution in [0.25, 0.3) is 11.4 Å². The zero-order valence-electron chi connectivity index (χ0n) is 16.9. The number of rotatable bonds is 8. The topological polar surface area (TPSA) is 110 Å². The second-order valence-electron chi connectivity index (χ2n) is 6.40. The highest BCUT2D eigenvalue weighted by Crippen LogP contribution is 2.31. The van der Waals surface area contributed by atoms with Gasteiger partial charge in [0.25, 0.3) is 15.6 Å². The number of aromatic nitrogens is 2. The quantitative estimate of drug-likeness (QED) is 0.568. The summed E-state index contributed by atoms with van der Waals surface area (Å²) in [7, 11) is -3.88. The molecule has 0 spiro atoms. The van der Waals surface area contributed by atoms with Crippen molar-refractivity contribution >= 4 is 15.7 Å². The van der Waals surface area contributed by atoms with Crippen LogP contribution >= 0.6 is 0 Å². The van der Waals surface area contributed by atoms with Crippen LogP contribution in [0.15, 0.2) is 58.2 Å². The van der Waals surface area contributed by atoms with Crippen LogP contribution < -0.4 is 19.8 Å². The van der Waals surface area contributed by atoms with Gasteiger partial charge in [-0.25, -0.2) is 13.4 Å². The second-order valence-corrected chi connectivity index (χ2v) is 8.08. The molecule has 9 heteroatoms. The fraction of sp³-hybridized carbons (Fsp3) is 0.238. The predicted molar refractivity (Wildman–Crippen MR) is 115 cm³/mol. The monoisotopic (exact) mass is 429 g/mol. The number of benzene rings is 2. The molecule has 0 atom stereocenters. The summed E-state index contributed by atoms with van der Waals surface area (Å²) in [5.41, 5.74) is 1.21. The molecule has 30 heavy (non-hydrogen) atoms. The van der Waals surface area contributed by atoms with E-state index < -0.39 is 10.0 Å². The molecule has 0 unspecified atom stereocenters. The van der Waals surface area contributed by atoms with Gasteiger partial charge in [0.2, 0.25) is 0 Å². The fourth-order valence-electron chi connectivity index (χ4n) is 2.86. The third kappa shape index (κ3) is 4.98. The minimum Gasteiger partial charge on any atom is -0.490 e. The van der Waals surface area contributed by atoms with Gasteiger partial charge in [-0.15, -0.1) is 0 Å². The number of aryl methyl sites for hydroxylation is 1. The van der Waals surface area contributed by atoms with E-state index in [1.54, 1.807) is 37.3 Å². The number of H-pyrrole nitrogens is 1. The molecule has 2 aromatic carbocycles. The lowest BCUT2D eigenvalue weighted by Crippen LogP contribution is -2.14. The van der Waals surface area contributed by atoms with Crippen molar-refractivity contribution in [2.24, 2.45) is 0 Å². The van der Waals surface area contributed by atoms with Crippen LogP contribution in [-0.2, 0) is 10.0 Å². The molecule has 0 aliphatic rings. The molecule has 3 aromatic rings. The standard InChI is InChI=1S/C21H23N3O5S/c1-4-28-18-10-9-17(13-19(18)29-5-2)30(26,27)24-16-8-6-7-15(12-16)21-22-14(3)11-20(25)23-21/h6-13,24H,4-5H2,1-3H3,(H,22,23,25). The number of sulfonamides is 1. The minimum atomic E-state index is -3.88. The molecule has 0 amide bonds. The van der Waals surface area contributed by atoms with Crippen LogP contribution in [0.4, 0.5) is 5.69 Å². The summed E-state index contributed by atoms with van der Waals surface area (Å²) in [5, 5.41) is 0. The molecule has 0 radical (unpaired) electrons. The van der Waals surface area contributed by atoms with Gasteiger partial charge in [0.05, 0.1) is 18.1 Å². The molecule has 0 bridgehead atoms. The molecule has 0 saturated carbocycles. The van der Waals surface area contributed by atoms with Gasteiger partial charge in [0.1, 0.15) is 5.82 Å². The fourth-order valence-corrected chi connectivity index (χ4v) is 3.92. The molecule has 158 valence electrons. The molecule has 3 rings (SSSR count). The van der Waals surface area contributed by atoms with Crippen LogP contribution in [0.2, 0.25) is 0 Å². The number of nitrogens with zero attached hydrogens (tertiary/aromatic N) is 1. The van der Waals surface area contributed by atoms with E-state index in [9.17, 15) is 13.2 Å². The van der Waals surface area contributed by atoms with Crippen molar-refractivity contribution in [1.82, 2.24) is 9.97 Å². The van der Waals surface area contributed by atoms with E-state index in [1.165, 1.54) is 18.2 Å². The first-order valence-corrected chi connectivity index (χ1v) is 10.9. The summed E-state index contributed by atoms with van der Waals surface area (Å²) in [5.74, 6) is 1.20. The third-order valence-electron chi connectivity index (χ3n) is 4.08. The van der Waals surface area contributed by atoms with E-state index in [2.05, 4.69) is 14.7 Å². The van der Waals surface area contributed by atoms with Crippen LogP contribution in [0.1, 0.15) is 19.5 Å². The smallest absolute Gasteiger partial charge is 0.262 e. The first-order valence-electron chi connectivity index (χ1n) is 9.43. The lowest BCUT2D eigenvalue weighted by Gasteiger charge is -2.14. The molecule has 8 nitrogen and oxygen atoms in total. The largest absolute Gasteiger partial charge is 0.490 e. The van der Waals surface area contributed by atoms with Crippen molar-refractivity contribution in [3.05, 3.63) is 64.6 Å². The SMILES string of the molecule is CCOc1ccc(S(=O)(=O)Nc2cccc(-c3nc(C)cc(=O)[nH]3)c2)cc1OCC. The molecule has 2 N–H and O–H groups in total. The molecule has 0 aliphatic heterocycles. The van der Waals surface area contributed by atoms with Crippen molar-refractivity contribution < 1.29 is 17.9 Å². The Kier molecular flexibility index (Phi) is 6.41. The Morgan fingerprint density at radius 3 is 2.43 bits per heavy atom.